The van der Waals surface area contributed by atoms with Crippen molar-refractivity contribution in [3.63, 3.8) is 0 Å². The molecule has 1 heterocycles. The van der Waals surface area contributed by atoms with Gasteiger partial charge in [0.2, 0.25) is 0 Å². The van der Waals surface area contributed by atoms with Crippen LogP contribution in [0.3, 0.4) is 0 Å². The van der Waals surface area contributed by atoms with Crippen LogP contribution in [-0.4, -0.2) is 22.2 Å². The zero-order valence-electron chi connectivity index (χ0n) is 8.17. The Labute approximate surface area is 91.1 Å². The lowest BCUT2D eigenvalue weighted by molar-refractivity contribution is 0.0948. The molecule has 76 valence electrons. The van der Waals surface area contributed by atoms with Crippen LogP contribution in [0.25, 0.3) is 0 Å². The van der Waals surface area contributed by atoms with Gasteiger partial charge in [-0.3, -0.25) is 9.48 Å². The molecule has 0 aliphatic carbocycles. The Balaban J connectivity index is 2.94. The number of hydrogen-bond donors (Lipinski definition) is 1. The Morgan fingerprint density at radius 1 is 1.79 bits per heavy atom. The second kappa shape index (κ2) is 4.41. The van der Waals surface area contributed by atoms with E-state index in [1.54, 1.807) is 17.8 Å². The van der Waals surface area contributed by atoms with Crippen molar-refractivity contribution < 1.29 is 4.79 Å². The SMILES string of the molecule is C=CCNC(=O)c1c(Br)c(C)nn1C. The van der Waals surface area contributed by atoms with Crippen LogP contribution in [0.5, 0.6) is 0 Å². The number of rotatable bonds is 3. The number of carbonyl (C=O) groups excluding carboxylic acids is 1. The number of nitrogens with one attached hydrogen (secondary N) is 1. The predicted molar refractivity (Wildman–Crippen MR) is 58.2 cm³/mol. The fourth-order valence-corrected chi connectivity index (χ4v) is 1.64. The summed E-state index contributed by atoms with van der Waals surface area (Å²) >= 11 is 3.32. The van der Waals surface area contributed by atoms with Gasteiger partial charge in [0.05, 0.1) is 10.2 Å². The topological polar surface area (TPSA) is 46.9 Å². The predicted octanol–water partition coefficient (Wildman–Crippen LogP) is 1.41. The molecule has 1 rings (SSSR count). The molecule has 5 heteroatoms. The van der Waals surface area contributed by atoms with Crippen LogP contribution < -0.4 is 5.32 Å². The van der Waals surface area contributed by atoms with E-state index in [1.807, 2.05) is 6.92 Å². The lowest BCUT2D eigenvalue weighted by atomic mass is 10.3. The van der Waals surface area contributed by atoms with E-state index in [-0.39, 0.29) is 5.91 Å². The average Bonchev–Trinajstić information content (AvgIpc) is 2.38. The first-order valence-electron chi connectivity index (χ1n) is 4.16. The second-order valence-electron chi connectivity index (χ2n) is 2.87. The summed E-state index contributed by atoms with van der Waals surface area (Å²) in [5.74, 6) is -0.153. The molecule has 0 saturated heterocycles. The summed E-state index contributed by atoms with van der Waals surface area (Å²) in [7, 11) is 1.74. The van der Waals surface area contributed by atoms with E-state index in [2.05, 4.69) is 32.9 Å². The molecule has 1 amide bonds. The molecule has 1 aromatic heterocycles. The maximum Gasteiger partial charge on any atom is 0.270 e. The third-order valence-corrected chi connectivity index (χ3v) is 2.72. The third-order valence-electron chi connectivity index (χ3n) is 1.77. The minimum Gasteiger partial charge on any atom is -0.347 e. The molecule has 0 aliphatic heterocycles. The Morgan fingerprint density at radius 3 is 2.86 bits per heavy atom. The van der Waals surface area contributed by atoms with Gasteiger partial charge in [0.25, 0.3) is 5.91 Å². The standard InChI is InChI=1S/C9H12BrN3O/c1-4-5-11-9(14)8-7(10)6(2)12-13(8)3/h4H,1,5H2,2-3H3,(H,11,14). The van der Waals surface area contributed by atoms with Crippen molar-refractivity contribution in [1.82, 2.24) is 15.1 Å². The Kier molecular flexibility index (Phi) is 3.46. The molecule has 14 heavy (non-hydrogen) atoms. The molecule has 1 aromatic rings. The van der Waals surface area contributed by atoms with Gasteiger partial charge in [-0.25, -0.2) is 0 Å². The Hall–Kier alpha value is -1.10. The monoisotopic (exact) mass is 257 g/mol. The van der Waals surface area contributed by atoms with Crippen LogP contribution in [0, 0.1) is 6.92 Å². The number of halogens is 1. The summed E-state index contributed by atoms with van der Waals surface area (Å²) < 4.78 is 2.29. The molecule has 1 N–H and O–H groups in total. The minimum atomic E-state index is -0.153. The van der Waals surface area contributed by atoms with Crippen LogP contribution >= 0.6 is 15.9 Å². The van der Waals surface area contributed by atoms with Gasteiger partial charge in [-0.15, -0.1) is 6.58 Å². The van der Waals surface area contributed by atoms with Crippen molar-refractivity contribution in [2.75, 3.05) is 6.54 Å². The molecule has 0 spiro atoms. The maximum atomic E-state index is 11.6. The van der Waals surface area contributed by atoms with E-state index in [0.29, 0.717) is 12.2 Å². The number of nitrogens with zero attached hydrogens (tertiary/aromatic N) is 2. The highest BCUT2D eigenvalue weighted by Crippen LogP contribution is 2.19. The fourth-order valence-electron chi connectivity index (χ4n) is 1.13. The van der Waals surface area contributed by atoms with E-state index in [9.17, 15) is 4.79 Å². The largest absolute Gasteiger partial charge is 0.347 e. The highest BCUT2D eigenvalue weighted by atomic mass is 79.9. The first kappa shape index (κ1) is 11.0. The summed E-state index contributed by atoms with van der Waals surface area (Å²) in [6.45, 7) is 5.82. The van der Waals surface area contributed by atoms with Gasteiger partial charge < -0.3 is 5.32 Å². The quantitative estimate of drug-likeness (QED) is 0.833. The van der Waals surface area contributed by atoms with Gasteiger partial charge >= 0.3 is 0 Å². The van der Waals surface area contributed by atoms with E-state index in [0.717, 1.165) is 10.2 Å². The van der Waals surface area contributed by atoms with E-state index in [1.165, 1.54) is 0 Å². The van der Waals surface area contributed by atoms with Gasteiger partial charge in [-0.05, 0) is 22.9 Å². The molecule has 0 radical (unpaired) electrons. The number of hydrogen-bond acceptors (Lipinski definition) is 2. The first-order chi connectivity index (χ1) is 6.57. The summed E-state index contributed by atoms with van der Waals surface area (Å²) in [5, 5.41) is 6.82. The van der Waals surface area contributed by atoms with Crippen LogP contribution in [0.15, 0.2) is 17.1 Å². The molecular formula is C9H12BrN3O. The van der Waals surface area contributed by atoms with Crippen LogP contribution in [-0.2, 0) is 7.05 Å². The molecule has 0 unspecified atom stereocenters. The van der Waals surface area contributed by atoms with Crippen molar-refractivity contribution in [2.45, 2.75) is 6.92 Å². The normalized spacial score (nSPS) is 9.93. The molecule has 0 aliphatic rings. The van der Waals surface area contributed by atoms with Gasteiger partial charge in [0, 0.05) is 13.6 Å². The van der Waals surface area contributed by atoms with Crippen molar-refractivity contribution in [2.24, 2.45) is 7.05 Å². The maximum absolute atomic E-state index is 11.6. The Bertz CT molecular complexity index is 370. The molecular weight excluding hydrogens is 246 g/mol. The first-order valence-corrected chi connectivity index (χ1v) is 4.95. The highest BCUT2D eigenvalue weighted by Gasteiger charge is 2.16. The molecule has 0 saturated carbocycles. The summed E-state index contributed by atoms with van der Waals surface area (Å²) in [6.07, 6.45) is 1.63. The number of aryl methyl sites for hydroxylation is 2. The highest BCUT2D eigenvalue weighted by molar-refractivity contribution is 9.10. The molecule has 0 aromatic carbocycles. The van der Waals surface area contributed by atoms with Gasteiger partial charge in [-0.1, -0.05) is 6.08 Å². The van der Waals surface area contributed by atoms with Gasteiger partial charge in [0.1, 0.15) is 5.69 Å². The van der Waals surface area contributed by atoms with Crippen molar-refractivity contribution >= 4 is 21.8 Å². The fraction of sp³-hybridized carbons (Fsp3) is 0.333. The molecule has 0 atom stereocenters. The molecule has 0 fully saturated rings. The van der Waals surface area contributed by atoms with Crippen LogP contribution in [0.4, 0.5) is 0 Å². The second-order valence-corrected chi connectivity index (χ2v) is 3.66. The third kappa shape index (κ3) is 2.04. The average molecular weight is 258 g/mol. The van der Waals surface area contributed by atoms with Crippen molar-refractivity contribution in [1.29, 1.82) is 0 Å². The van der Waals surface area contributed by atoms with Gasteiger partial charge in [-0.2, -0.15) is 5.10 Å². The summed E-state index contributed by atoms with van der Waals surface area (Å²) in [6, 6.07) is 0. The number of amides is 1. The zero-order chi connectivity index (χ0) is 10.7. The number of carbonyl (C=O) groups is 1. The van der Waals surface area contributed by atoms with Crippen molar-refractivity contribution in [3.8, 4) is 0 Å². The molecule has 0 bridgehead atoms. The minimum absolute atomic E-state index is 0.153. The van der Waals surface area contributed by atoms with Crippen LogP contribution in [0.1, 0.15) is 16.2 Å². The summed E-state index contributed by atoms with van der Waals surface area (Å²) in [5.41, 5.74) is 1.33. The summed E-state index contributed by atoms with van der Waals surface area (Å²) in [4.78, 5) is 11.6. The lowest BCUT2D eigenvalue weighted by Gasteiger charge is -2.02. The smallest absolute Gasteiger partial charge is 0.270 e. The molecule has 4 nitrogen and oxygen atoms in total. The van der Waals surface area contributed by atoms with Crippen molar-refractivity contribution in [3.05, 3.63) is 28.5 Å². The van der Waals surface area contributed by atoms with Crippen LogP contribution in [0.2, 0.25) is 0 Å². The number of aromatic nitrogens is 2. The van der Waals surface area contributed by atoms with E-state index in [4.69, 9.17) is 0 Å². The zero-order valence-corrected chi connectivity index (χ0v) is 9.76. The van der Waals surface area contributed by atoms with Gasteiger partial charge in [0.15, 0.2) is 0 Å². The van der Waals surface area contributed by atoms with E-state index < -0.39 is 0 Å². The lowest BCUT2D eigenvalue weighted by Crippen LogP contribution is -2.25. The Morgan fingerprint density at radius 2 is 2.43 bits per heavy atom. The van der Waals surface area contributed by atoms with E-state index >= 15 is 0 Å².